The lowest BCUT2D eigenvalue weighted by Crippen LogP contribution is -1.99. The van der Waals surface area contributed by atoms with Crippen molar-refractivity contribution in [2.45, 2.75) is 19.8 Å². The Hall–Kier alpha value is -5.56. The normalized spacial score (nSPS) is 11.4. The van der Waals surface area contributed by atoms with E-state index in [0.29, 0.717) is 11.7 Å². The molecule has 0 saturated carbocycles. The molecule has 0 spiro atoms. The summed E-state index contributed by atoms with van der Waals surface area (Å²) in [5.41, 5.74) is 6.00. The molecule has 0 aliphatic carbocycles. The van der Waals surface area contributed by atoms with Crippen LogP contribution in [0, 0.1) is 0 Å². The van der Waals surface area contributed by atoms with Crippen molar-refractivity contribution in [3.63, 3.8) is 0 Å². The zero-order valence-electron chi connectivity index (χ0n) is 25.1. The van der Waals surface area contributed by atoms with E-state index in [1.165, 1.54) is 10.9 Å². The van der Waals surface area contributed by atoms with Gasteiger partial charge in [-0.3, -0.25) is 4.57 Å². The van der Waals surface area contributed by atoms with Crippen molar-refractivity contribution < 1.29 is 14.2 Å². The molecule has 0 radical (unpaired) electrons. The molecule has 7 nitrogen and oxygen atoms in total. The summed E-state index contributed by atoms with van der Waals surface area (Å²) < 4.78 is 21.7. The highest BCUT2D eigenvalue weighted by molar-refractivity contribution is 6.09. The third kappa shape index (κ3) is 4.82. The van der Waals surface area contributed by atoms with Crippen molar-refractivity contribution in [3.8, 4) is 45.6 Å². The van der Waals surface area contributed by atoms with Crippen molar-refractivity contribution in [2.24, 2.45) is 0 Å². The first-order valence-electron chi connectivity index (χ1n) is 14.6. The van der Waals surface area contributed by atoms with Gasteiger partial charge in [-0.15, -0.1) is 0 Å². The highest BCUT2D eigenvalue weighted by Crippen LogP contribution is 2.39. The topological polar surface area (TPSA) is 63.3 Å². The molecule has 0 N–H and O–H groups in total. The Morgan fingerprint density at radius 2 is 1.45 bits per heavy atom. The monoisotopic (exact) mass is 580 g/mol. The van der Waals surface area contributed by atoms with E-state index in [1.54, 1.807) is 14.2 Å². The molecule has 0 atom stereocenters. The predicted molar refractivity (Wildman–Crippen MR) is 175 cm³/mol. The van der Waals surface area contributed by atoms with Crippen LogP contribution in [0.4, 0.5) is 0 Å². The number of hydrogen-bond acceptors (Lipinski definition) is 5. The molecule has 7 rings (SSSR count). The van der Waals surface area contributed by atoms with E-state index in [1.807, 2.05) is 71.8 Å². The molecule has 0 aliphatic heterocycles. The molecule has 7 heteroatoms. The van der Waals surface area contributed by atoms with E-state index in [2.05, 4.69) is 72.0 Å². The fourth-order valence-electron chi connectivity index (χ4n) is 5.73. The van der Waals surface area contributed by atoms with Gasteiger partial charge in [-0.05, 0) is 66.1 Å². The largest absolute Gasteiger partial charge is 0.496 e. The highest BCUT2D eigenvalue weighted by Gasteiger charge is 2.17. The first-order chi connectivity index (χ1) is 21.5. The van der Waals surface area contributed by atoms with Gasteiger partial charge in [-0.1, -0.05) is 44.2 Å². The Labute approximate surface area is 255 Å². The molecule has 3 heterocycles. The predicted octanol–water partition coefficient (Wildman–Crippen LogP) is 8.96. The van der Waals surface area contributed by atoms with Crippen LogP contribution in [0.3, 0.4) is 0 Å². The maximum Gasteiger partial charge on any atom is 0.137 e. The van der Waals surface area contributed by atoms with Crippen LogP contribution in [0.2, 0.25) is 0 Å². The number of para-hydroxylation sites is 1. The lowest BCUT2D eigenvalue weighted by Gasteiger charge is -2.12. The molecule has 0 amide bonds. The maximum atomic E-state index is 6.45. The quantitative estimate of drug-likeness (QED) is 0.180. The van der Waals surface area contributed by atoms with Crippen molar-refractivity contribution in [3.05, 3.63) is 121 Å². The number of fused-ring (bicyclic) bond motifs is 3. The number of aromatic nitrogens is 4. The summed E-state index contributed by atoms with van der Waals surface area (Å²) in [5, 5.41) is 6.95. The Kier molecular flexibility index (Phi) is 6.98. The van der Waals surface area contributed by atoms with Crippen LogP contribution in [0.1, 0.15) is 25.3 Å². The van der Waals surface area contributed by atoms with Crippen LogP contribution in [0.15, 0.2) is 116 Å². The fourth-order valence-corrected chi connectivity index (χ4v) is 5.73. The second-order valence-electron chi connectivity index (χ2n) is 10.9. The number of pyridine rings is 1. The Balaban J connectivity index is 1.25. The van der Waals surface area contributed by atoms with Gasteiger partial charge < -0.3 is 14.2 Å². The molecule has 0 bridgehead atoms. The van der Waals surface area contributed by atoms with Gasteiger partial charge in [0.15, 0.2) is 0 Å². The zero-order valence-corrected chi connectivity index (χ0v) is 25.1. The molecule has 44 heavy (non-hydrogen) atoms. The van der Waals surface area contributed by atoms with E-state index in [9.17, 15) is 0 Å². The van der Waals surface area contributed by atoms with Gasteiger partial charge in [0.2, 0.25) is 0 Å². The molecule has 3 aromatic heterocycles. The molecular weight excluding hydrogens is 548 g/mol. The Morgan fingerprint density at radius 1 is 0.705 bits per heavy atom. The zero-order chi connectivity index (χ0) is 30.2. The Bertz CT molecular complexity index is 2100. The van der Waals surface area contributed by atoms with Gasteiger partial charge in [-0.2, -0.15) is 5.10 Å². The lowest BCUT2D eigenvalue weighted by atomic mass is 10.1. The maximum absolute atomic E-state index is 6.45. The second-order valence-corrected chi connectivity index (χ2v) is 10.9. The number of hydrogen-bond donors (Lipinski definition) is 0. The molecule has 0 aliphatic rings. The SMILES string of the molecule is COc1cccc(OC)c1-c1cnn(-c2cccc(Oc3ccc4c5ccccc5n(-c5cc(C(C)C)ccn5)c4c3)c2)c1. The number of nitrogens with zero attached hydrogens (tertiary/aromatic N) is 4. The standard InChI is InChI=1S/C37H32N4O3/c1-24(2)25-17-18-38-36(19-25)41-32-12-6-5-11-30(32)31-16-15-29(21-33(31)41)44-28-10-7-9-27(20-28)40-23-26(22-39-40)37-34(42-3)13-8-14-35(37)43-4/h5-24H,1-4H3. The fraction of sp³-hybridized carbons (Fsp3) is 0.135. The summed E-state index contributed by atoms with van der Waals surface area (Å²) >= 11 is 0. The molecule has 7 aromatic rings. The van der Waals surface area contributed by atoms with Gasteiger partial charge in [-0.25, -0.2) is 9.67 Å². The van der Waals surface area contributed by atoms with Gasteiger partial charge in [0, 0.05) is 40.9 Å². The van der Waals surface area contributed by atoms with Crippen LogP contribution in [0.5, 0.6) is 23.0 Å². The van der Waals surface area contributed by atoms with Crippen molar-refractivity contribution >= 4 is 21.8 Å². The van der Waals surface area contributed by atoms with E-state index in [-0.39, 0.29) is 0 Å². The minimum atomic E-state index is 0.402. The molecular formula is C37H32N4O3. The number of methoxy groups -OCH3 is 2. The molecule has 0 saturated heterocycles. The van der Waals surface area contributed by atoms with Crippen LogP contribution >= 0.6 is 0 Å². The van der Waals surface area contributed by atoms with E-state index in [4.69, 9.17) is 19.2 Å². The summed E-state index contributed by atoms with van der Waals surface area (Å²) in [6.07, 6.45) is 5.66. The minimum Gasteiger partial charge on any atom is -0.496 e. The van der Waals surface area contributed by atoms with Gasteiger partial charge in [0.25, 0.3) is 0 Å². The molecule has 218 valence electrons. The van der Waals surface area contributed by atoms with Crippen LogP contribution < -0.4 is 14.2 Å². The first-order valence-corrected chi connectivity index (χ1v) is 14.6. The van der Waals surface area contributed by atoms with Gasteiger partial charge >= 0.3 is 0 Å². The minimum absolute atomic E-state index is 0.402. The average Bonchev–Trinajstić information content (AvgIpc) is 3.67. The third-order valence-electron chi connectivity index (χ3n) is 7.93. The molecule has 0 unspecified atom stereocenters. The van der Waals surface area contributed by atoms with Crippen LogP contribution in [0.25, 0.3) is 44.4 Å². The lowest BCUT2D eigenvalue weighted by molar-refractivity contribution is 0.397. The number of benzene rings is 4. The Morgan fingerprint density at radius 3 is 2.25 bits per heavy atom. The number of rotatable bonds is 8. The van der Waals surface area contributed by atoms with Crippen molar-refractivity contribution in [1.29, 1.82) is 0 Å². The summed E-state index contributed by atoms with van der Waals surface area (Å²) in [4.78, 5) is 4.77. The highest BCUT2D eigenvalue weighted by atomic mass is 16.5. The summed E-state index contributed by atoms with van der Waals surface area (Å²) in [5.74, 6) is 4.18. The van der Waals surface area contributed by atoms with Gasteiger partial charge in [0.1, 0.15) is 28.8 Å². The molecule has 0 fully saturated rings. The summed E-state index contributed by atoms with van der Waals surface area (Å²) in [6.45, 7) is 4.40. The molecule has 4 aromatic carbocycles. The first kappa shape index (κ1) is 27.3. The van der Waals surface area contributed by atoms with Crippen LogP contribution in [-0.2, 0) is 0 Å². The van der Waals surface area contributed by atoms with E-state index in [0.717, 1.165) is 56.3 Å². The second kappa shape index (κ2) is 11.3. The third-order valence-corrected chi connectivity index (χ3v) is 7.93. The number of ether oxygens (including phenoxy) is 3. The van der Waals surface area contributed by atoms with Crippen molar-refractivity contribution in [2.75, 3.05) is 14.2 Å². The average molecular weight is 581 g/mol. The van der Waals surface area contributed by atoms with E-state index < -0.39 is 0 Å². The van der Waals surface area contributed by atoms with E-state index >= 15 is 0 Å². The van der Waals surface area contributed by atoms with Crippen LogP contribution in [-0.4, -0.2) is 33.6 Å². The summed E-state index contributed by atoms with van der Waals surface area (Å²) in [6, 6.07) is 32.5. The van der Waals surface area contributed by atoms with Gasteiger partial charge in [0.05, 0.1) is 42.7 Å². The smallest absolute Gasteiger partial charge is 0.137 e. The van der Waals surface area contributed by atoms with Crippen molar-refractivity contribution in [1.82, 2.24) is 19.3 Å². The summed E-state index contributed by atoms with van der Waals surface area (Å²) in [7, 11) is 3.30.